The van der Waals surface area contributed by atoms with Gasteiger partial charge in [-0.15, -0.1) is 11.3 Å². The molecule has 0 fully saturated rings. The van der Waals surface area contributed by atoms with Crippen molar-refractivity contribution in [3.63, 3.8) is 0 Å². The third-order valence-electron chi connectivity index (χ3n) is 3.75. The Balaban J connectivity index is 1.55. The number of rotatable bonds is 4. The largest absolute Gasteiger partial charge is 0.454 e. The van der Waals surface area contributed by atoms with E-state index in [9.17, 15) is 9.65 Å². The molecule has 128 valence electrons. The van der Waals surface area contributed by atoms with Gasteiger partial charge in [-0.3, -0.25) is 0 Å². The van der Waals surface area contributed by atoms with Gasteiger partial charge >= 0.3 is 0 Å². The number of hydrogen-bond acceptors (Lipinski definition) is 6. The summed E-state index contributed by atoms with van der Waals surface area (Å²) in [7, 11) is 0. The van der Waals surface area contributed by atoms with E-state index >= 15 is 0 Å². The van der Waals surface area contributed by atoms with Crippen LogP contribution in [-0.4, -0.2) is 11.8 Å². The Morgan fingerprint density at radius 3 is 2.81 bits per heavy atom. The molecule has 1 N–H and O–H groups in total. The number of thiazole rings is 1. The van der Waals surface area contributed by atoms with Crippen molar-refractivity contribution in [2.24, 2.45) is 0 Å². The monoisotopic (exact) mass is 365 g/mol. The fourth-order valence-electron chi connectivity index (χ4n) is 2.43. The van der Waals surface area contributed by atoms with Crippen molar-refractivity contribution >= 4 is 22.6 Å². The number of nitrogens with one attached hydrogen (secondary N) is 1. The molecule has 1 aliphatic heterocycles. The van der Waals surface area contributed by atoms with Crippen LogP contribution in [0.1, 0.15) is 5.01 Å². The number of benzene rings is 2. The second kappa shape index (κ2) is 6.86. The second-order valence-corrected chi connectivity index (χ2v) is 6.29. The van der Waals surface area contributed by atoms with E-state index in [0.29, 0.717) is 27.8 Å². The van der Waals surface area contributed by atoms with Crippen molar-refractivity contribution in [1.82, 2.24) is 4.98 Å². The molecule has 2 heterocycles. The molecule has 0 atom stereocenters. The lowest BCUT2D eigenvalue weighted by molar-refractivity contribution is 0.174. The Kier molecular flexibility index (Phi) is 4.25. The molecule has 0 saturated heterocycles. The maximum atomic E-state index is 13.0. The van der Waals surface area contributed by atoms with E-state index < -0.39 is 0 Å². The van der Waals surface area contributed by atoms with Gasteiger partial charge < -0.3 is 14.8 Å². The topological polar surface area (TPSA) is 67.2 Å². The Bertz CT molecular complexity index is 1020. The molecule has 0 amide bonds. The molecule has 3 aromatic rings. The van der Waals surface area contributed by atoms with E-state index in [0.717, 1.165) is 11.3 Å². The lowest BCUT2D eigenvalue weighted by Gasteiger charge is -2.03. The van der Waals surface area contributed by atoms with Gasteiger partial charge in [0.15, 0.2) is 11.5 Å². The number of hydrogen-bond donors (Lipinski definition) is 1. The summed E-state index contributed by atoms with van der Waals surface area (Å²) in [6.45, 7) is 0.212. The standard InChI is InChI=1S/C19H12FN3O2S/c20-14-3-1-12(2-4-14)16-10-26-19(23-16)13(8-21)9-22-15-5-6-17-18(7-15)25-11-24-17/h1-7,9-10,22H,11H2/b13-9+. The third-order valence-corrected chi connectivity index (χ3v) is 4.63. The van der Waals surface area contributed by atoms with Gasteiger partial charge in [-0.05, 0) is 36.4 Å². The first kappa shape index (κ1) is 16.1. The van der Waals surface area contributed by atoms with Crippen LogP contribution in [0.25, 0.3) is 16.8 Å². The summed E-state index contributed by atoms with van der Waals surface area (Å²) in [5, 5.41) is 14.9. The van der Waals surface area contributed by atoms with Gasteiger partial charge in [-0.2, -0.15) is 5.26 Å². The van der Waals surface area contributed by atoms with Crippen molar-refractivity contribution in [2.75, 3.05) is 12.1 Å². The summed E-state index contributed by atoms with van der Waals surface area (Å²) in [5.41, 5.74) is 2.68. The van der Waals surface area contributed by atoms with Crippen molar-refractivity contribution in [1.29, 1.82) is 5.26 Å². The molecule has 2 aromatic carbocycles. The fraction of sp³-hybridized carbons (Fsp3) is 0.0526. The highest BCUT2D eigenvalue weighted by Gasteiger charge is 2.13. The molecule has 1 aliphatic rings. The smallest absolute Gasteiger partial charge is 0.231 e. The van der Waals surface area contributed by atoms with Gasteiger partial charge in [0.05, 0.1) is 5.69 Å². The normalized spacial score (nSPS) is 12.7. The van der Waals surface area contributed by atoms with Crippen molar-refractivity contribution in [2.45, 2.75) is 0 Å². The van der Waals surface area contributed by atoms with Gasteiger partial charge in [0.1, 0.15) is 22.5 Å². The highest BCUT2D eigenvalue weighted by molar-refractivity contribution is 7.11. The van der Waals surface area contributed by atoms with Crippen LogP contribution in [0, 0.1) is 17.1 Å². The zero-order chi connectivity index (χ0) is 17.9. The molecule has 0 unspecified atom stereocenters. The minimum absolute atomic E-state index is 0.212. The molecule has 1 aromatic heterocycles. The van der Waals surface area contributed by atoms with Gasteiger partial charge in [-0.25, -0.2) is 9.37 Å². The number of aromatic nitrogens is 1. The number of nitrogens with zero attached hydrogens (tertiary/aromatic N) is 2. The summed E-state index contributed by atoms with van der Waals surface area (Å²) in [4.78, 5) is 4.47. The molecule has 4 rings (SSSR count). The van der Waals surface area contributed by atoms with E-state index in [-0.39, 0.29) is 12.6 Å². The number of anilines is 1. The number of allylic oxidation sites excluding steroid dienone is 1. The SMILES string of the molecule is N#C/C(=C\Nc1ccc2c(c1)OCO2)c1nc(-c2ccc(F)cc2)cs1. The minimum Gasteiger partial charge on any atom is -0.454 e. The van der Waals surface area contributed by atoms with Crippen LogP contribution < -0.4 is 14.8 Å². The Morgan fingerprint density at radius 2 is 2.00 bits per heavy atom. The third kappa shape index (κ3) is 3.23. The maximum Gasteiger partial charge on any atom is 0.231 e. The van der Waals surface area contributed by atoms with Crippen LogP contribution in [0.5, 0.6) is 11.5 Å². The number of ether oxygens (including phenoxy) is 2. The van der Waals surface area contributed by atoms with Crippen LogP contribution in [0.2, 0.25) is 0 Å². The van der Waals surface area contributed by atoms with Crippen LogP contribution >= 0.6 is 11.3 Å². The molecule has 0 radical (unpaired) electrons. The van der Waals surface area contributed by atoms with Gasteiger partial charge in [0.25, 0.3) is 0 Å². The molecule has 26 heavy (non-hydrogen) atoms. The molecular weight excluding hydrogens is 353 g/mol. The van der Waals surface area contributed by atoms with Gasteiger partial charge in [0.2, 0.25) is 6.79 Å². The Hall–Kier alpha value is -3.37. The average molecular weight is 365 g/mol. The van der Waals surface area contributed by atoms with E-state index in [4.69, 9.17) is 9.47 Å². The zero-order valence-corrected chi connectivity index (χ0v) is 14.2. The van der Waals surface area contributed by atoms with Crippen molar-refractivity contribution in [3.8, 4) is 28.8 Å². The predicted octanol–water partition coefficient (Wildman–Crippen LogP) is 4.65. The molecule has 0 saturated carbocycles. The van der Waals surface area contributed by atoms with Crippen LogP contribution in [0.4, 0.5) is 10.1 Å². The molecular formula is C19H12FN3O2S. The molecule has 0 aliphatic carbocycles. The number of halogens is 1. The van der Waals surface area contributed by atoms with Gasteiger partial charge in [-0.1, -0.05) is 0 Å². The first-order valence-electron chi connectivity index (χ1n) is 7.71. The lowest BCUT2D eigenvalue weighted by Crippen LogP contribution is -1.93. The predicted molar refractivity (Wildman–Crippen MR) is 97.3 cm³/mol. The zero-order valence-electron chi connectivity index (χ0n) is 13.4. The van der Waals surface area contributed by atoms with Crippen molar-refractivity contribution < 1.29 is 13.9 Å². The first-order chi connectivity index (χ1) is 12.7. The van der Waals surface area contributed by atoms with Crippen LogP contribution in [0.15, 0.2) is 54.0 Å². The summed E-state index contributed by atoms with van der Waals surface area (Å²) >= 11 is 1.36. The summed E-state index contributed by atoms with van der Waals surface area (Å²) < 4.78 is 23.6. The molecule has 5 nitrogen and oxygen atoms in total. The molecule has 0 spiro atoms. The first-order valence-corrected chi connectivity index (χ1v) is 8.59. The maximum absolute atomic E-state index is 13.0. The Morgan fingerprint density at radius 1 is 1.19 bits per heavy atom. The lowest BCUT2D eigenvalue weighted by atomic mass is 10.2. The molecule has 7 heteroatoms. The van der Waals surface area contributed by atoms with Crippen LogP contribution in [-0.2, 0) is 0 Å². The molecule has 0 bridgehead atoms. The highest BCUT2D eigenvalue weighted by atomic mass is 32.1. The summed E-state index contributed by atoms with van der Waals surface area (Å²) in [5.74, 6) is 1.06. The van der Waals surface area contributed by atoms with E-state index in [1.165, 1.54) is 23.5 Å². The van der Waals surface area contributed by atoms with E-state index in [2.05, 4.69) is 16.4 Å². The quantitative estimate of drug-likeness (QED) is 0.682. The number of nitriles is 1. The second-order valence-electron chi connectivity index (χ2n) is 5.43. The van der Waals surface area contributed by atoms with E-state index in [1.54, 1.807) is 30.5 Å². The van der Waals surface area contributed by atoms with Crippen molar-refractivity contribution in [3.05, 3.63) is 64.9 Å². The highest BCUT2D eigenvalue weighted by Crippen LogP contribution is 2.34. The van der Waals surface area contributed by atoms with Gasteiger partial charge in [0, 0.05) is 28.9 Å². The Labute approximate surface area is 153 Å². The summed E-state index contributed by atoms with van der Waals surface area (Å²) in [6, 6.07) is 13.7. The van der Waals surface area contributed by atoms with Crippen LogP contribution in [0.3, 0.4) is 0 Å². The average Bonchev–Trinajstić information content (AvgIpc) is 3.32. The number of fused-ring (bicyclic) bond motifs is 1. The fourth-order valence-corrected chi connectivity index (χ4v) is 3.23. The van der Waals surface area contributed by atoms with E-state index in [1.807, 2.05) is 11.4 Å². The minimum atomic E-state index is -0.297. The summed E-state index contributed by atoms with van der Waals surface area (Å²) in [6.07, 6.45) is 1.60.